The predicted octanol–water partition coefficient (Wildman–Crippen LogP) is 5.54. The molecular weight excluding hydrogens is 414 g/mol. The fraction of sp³-hybridized carbons (Fsp3) is 0.391. The molecule has 2 amide bonds. The topological polar surface area (TPSA) is 101 Å². The van der Waals surface area contributed by atoms with E-state index in [4.69, 9.17) is 0 Å². The quantitative estimate of drug-likeness (QED) is 0.334. The van der Waals surface area contributed by atoms with E-state index in [1.165, 1.54) is 30.3 Å². The highest BCUT2D eigenvalue weighted by molar-refractivity contribution is 8.00. The molecule has 8 heteroatoms. The smallest absolute Gasteiger partial charge is 0.269 e. The maximum absolute atomic E-state index is 12.6. The second-order valence-electron chi connectivity index (χ2n) is 7.85. The zero-order valence-corrected chi connectivity index (χ0v) is 18.5. The lowest BCUT2D eigenvalue weighted by Gasteiger charge is -2.20. The van der Waals surface area contributed by atoms with E-state index in [2.05, 4.69) is 10.6 Å². The largest absolute Gasteiger partial charge is 0.326 e. The normalized spacial score (nSPS) is 15.2. The van der Waals surface area contributed by atoms with Gasteiger partial charge in [0.15, 0.2) is 0 Å². The molecule has 164 valence electrons. The molecular formula is C23H27N3O4S. The van der Waals surface area contributed by atoms with Crippen molar-refractivity contribution in [2.24, 2.45) is 5.92 Å². The van der Waals surface area contributed by atoms with Gasteiger partial charge in [0, 0.05) is 34.3 Å². The van der Waals surface area contributed by atoms with Crippen LogP contribution < -0.4 is 10.6 Å². The summed E-state index contributed by atoms with van der Waals surface area (Å²) in [7, 11) is 0. The SMILES string of the molecule is Cc1cc([N+](=O)[O-])ccc1NC(=O)C(C)Sc1ccc(NC(=O)C2CCCCC2)cc1. The average molecular weight is 442 g/mol. The molecule has 1 fully saturated rings. The van der Waals surface area contributed by atoms with Crippen molar-refractivity contribution < 1.29 is 14.5 Å². The van der Waals surface area contributed by atoms with Crippen LogP contribution >= 0.6 is 11.8 Å². The van der Waals surface area contributed by atoms with Gasteiger partial charge < -0.3 is 10.6 Å². The Bertz CT molecular complexity index is 956. The number of thioether (sulfide) groups is 1. The number of aryl methyl sites for hydroxylation is 1. The minimum atomic E-state index is -0.460. The summed E-state index contributed by atoms with van der Waals surface area (Å²) in [6.45, 7) is 3.53. The average Bonchev–Trinajstić information content (AvgIpc) is 2.76. The molecule has 2 aromatic carbocycles. The number of hydrogen-bond donors (Lipinski definition) is 2. The number of non-ortho nitro benzene ring substituents is 1. The fourth-order valence-corrected chi connectivity index (χ4v) is 4.49. The third-order valence-corrected chi connectivity index (χ3v) is 6.57. The second kappa shape index (κ2) is 10.4. The Balaban J connectivity index is 1.53. The third-order valence-electron chi connectivity index (χ3n) is 5.46. The van der Waals surface area contributed by atoms with Crippen molar-refractivity contribution in [3.8, 4) is 0 Å². The Morgan fingerprint density at radius 3 is 2.35 bits per heavy atom. The van der Waals surface area contributed by atoms with E-state index in [-0.39, 0.29) is 28.7 Å². The molecule has 1 unspecified atom stereocenters. The summed E-state index contributed by atoms with van der Waals surface area (Å²) < 4.78 is 0. The summed E-state index contributed by atoms with van der Waals surface area (Å²) >= 11 is 1.41. The molecule has 7 nitrogen and oxygen atoms in total. The molecule has 0 heterocycles. The minimum absolute atomic E-state index is 0.00594. The maximum atomic E-state index is 12.6. The van der Waals surface area contributed by atoms with Crippen LogP contribution in [0, 0.1) is 23.0 Å². The lowest BCUT2D eigenvalue weighted by atomic mass is 9.88. The highest BCUT2D eigenvalue weighted by atomic mass is 32.2. The van der Waals surface area contributed by atoms with Gasteiger partial charge in [0.2, 0.25) is 11.8 Å². The lowest BCUT2D eigenvalue weighted by molar-refractivity contribution is -0.384. The number of amides is 2. The van der Waals surface area contributed by atoms with Gasteiger partial charge in [0.25, 0.3) is 5.69 Å². The molecule has 1 atom stereocenters. The molecule has 2 aromatic rings. The van der Waals surface area contributed by atoms with Crippen LogP contribution in [0.2, 0.25) is 0 Å². The third kappa shape index (κ3) is 6.30. The van der Waals surface area contributed by atoms with Crippen LogP contribution in [0.25, 0.3) is 0 Å². The molecule has 0 aromatic heterocycles. The van der Waals surface area contributed by atoms with Crippen molar-refractivity contribution in [1.29, 1.82) is 0 Å². The zero-order valence-electron chi connectivity index (χ0n) is 17.7. The molecule has 0 aliphatic heterocycles. The van der Waals surface area contributed by atoms with Crippen LogP contribution in [0.4, 0.5) is 17.1 Å². The Morgan fingerprint density at radius 2 is 1.74 bits per heavy atom. The summed E-state index contributed by atoms with van der Waals surface area (Å²) in [4.78, 5) is 36.2. The molecule has 1 aliphatic rings. The summed E-state index contributed by atoms with van der Waals surface area (Å²) in [6.07, 6.45) is 5.37. The first-order valence-electron chi connectivity index (χ1n) is 10.5. The molecule has 0 radical (unpaired) electrons. The first kappa shape index (κ1) is 22.8. The summed E-state index contributed by atoms with van der Waals surface area (Å²) in [5.74, 6) is 0.0114. The van der Waals surface area contributed by atoms with Crippen LogP contribution in [-0.2, 0) is 9.59 Å². The predicted molar refractivity (Wildman–Crippen MR) is 123 cm³/mol. The van der Waals surface area contributed by atoms with Crippen LogP contribution in [0.15, 0.2) is 47.4 Å². The van der Waals surface area contributed by atoms with Gasteiger partial charge in [-0.05, 0) is 62.6 Å². The van der Waals surface area contributed by atoms with Crippen LogP contribution in [0.5, 0.6) is 0 Å². The maximum Gasteiger partial charge on any atom is 0.269 e. The van der Waals surface area contributed by atoms with Crippen molar-refractivity contribution in [3.63, 3.8) is 0 Å². The fourth-order valence-electron chi connectivity index (χ4n) is 3.62. The van der Waals surface area contributed by atoms with E-state index in [1.807, 2.05) is 24.3 Å². The van der Waals surface area contributed by atoms with E-state index in [1.54, 1.807) is 19.9 Å². The number of nitro groups is 1. The first-order chi connectivity index (χ1) is 14.8. The number of hydrogen-bond acceptors (Lipinski definition) is 5. The second-order valence-corrected chi connectivity index (χ2v) is 9.27. The van der Waals surface area contributed by atoms with Gasteiger partial charge >= 0.3 is 0 Å². The lowest BCUT2D eigenvalue weighted by Crippen LogP contribution is -2.24. The van der Waals surface area contributed by atoms with Gasteiger partial charge in [-0.1, -0.05) is 19.3 Å². The van der Waals surface area contributed by atoms with Gasteiger partial charge in [0.05, 0.1) is 10.2 Å². The van der Waals surface area contributed by atoms with E-state index < -0.39 is 4.92 Å². The van der Waals surface area contributed by atoms with Crippen LogP contribution in [-0.4, -0.2) is 22.0 Å². The standard InChI is InChI=1S/C23H27N3O4S/c1-15-14-19(26(29)30)10-13-21(15)25-22(27)16(2)31-20-11-8-18(9-12-20)24-23(28)17-6-4-3-5-7-17/h8-14,16-17H,3-7H2,1-2H3,(H,24,28)(H,25,27). The summed E-state index contributed by atoms with van der Waals surface area (Å²) in [6, 6.07) is 11.9. The van der Waals surface area contributed by atoms with E-state index in [0.717, 1.165) is 36.3 Å². The summed E-state index contributed by atoms with van der Waals surface area (Å²) in [5.41, 5.74) is 1.95. The molecule has 31 heavy (non-hydrogen) atoms. The number of nitro benzene ring substituents is 1. The minimum Gasteiger partial charge on any atom is -0.326 e. The van der Waals surface area contributed by atoms with Gasteiger partial charge in [-0.25, -0.2) is 0 Å². The zero-order chi connectivity index (χ0) is 22.4. The van der Waals surface area contributed by atoms with Gasteiger partial charge in [-0.15, -0.1) is 11.8 Å². The van der Waals surface area contributed by atoms with Gasteiger partial charge in [0.1, 0.15) is 0 Å². The Labute approximate surface area is 186 Å². The Hall–Kier alpha value is -2.87. The molecule has 0 spiro atoms. The van der Waals surface area contributed by atoms with E-state index >= 15 is 0 Å². The molecule has 3 rings (SSSR count). The molecule has 1 aliphatic carbocycles. The van der Waals surface area contributed by atoms with Crippen molar-refractivity contribution >= 4 is 40.6 Å². The molecule has 1 saturated carbocycles. The highest BCUT2D eigenvalue weighted by Crippen LogP contribution is 2.28. The number of anilines is 2. The molecule has 2 N–H and O–H groups in total. The van der Waals surface area contributed by atoms with Gasteiger partial charge in [-0.2, -0.15) is 0 Å². The van der Waals surface area contributed by atoms with Crippen molar-refractivity contribution in [2.75, 3.05) is 10.6 Å². The number of nitrogens with zero attached hydrogens (tertiary/aromatic N) is 1. The number of nitrogens with one attached hydrogen (secondary N) is 2. The monoisotopic (exact) mass is 441 g/mol. The van der Waals surface area contributed by atoms with Crippen LogP contribution in [0.1, 0.15) is 44.6 Å². The highest BCUT2D eigenvalue weighted by Gasteiger charge is 2.21. The number of benzene rings is 2. The van der Waals surface area contributed by atoms with Gasteiger partial charge in [-0.3, -0.25) is 19.7 Å². The van der Waals surface area contributed by atoms with Crippen LogP contribution in [0.3, 0.4) is 0 Å². The van der Waals surface area contributed by atoms with E-state index in [9.17, 15) is 19.7 Å². The Kier molecular flexibility index (Phi) is 7.68. The number of carbonyl (C=O) groups excluding carboxylic acids is 2. The first-order valence-corrected chi connectivity index (χ1v) is 11.3. The number of rotatable bonds is 7. The van der Waals surface area contributed by atoms with Crippen molar-refractivity contribution in [2.45, 2.75) is 56.1 Å². The summed E-state index contributed by atoms with van der Waals surface area (Å²) in [5, 5.41) is 16.3. The Morgan fingerprint density at radius 1 is 1.06 bits per heavy atom. The van der Waals surface area contributed by atoms with Crippen molar-refractivity contribution in [3.05, 3.63) is 58.1 Å². The molecule has 0 saturated heterocycles. The van der Waals surface area contributed by atoms with E-state index in [0.29, 0.717) is 11.3 Å². The molecule has 0 bridgehead atoms. The number of carbonyl (C=O) groups is 2. The van der Waals surface area contributed by atoms with Crippen molar-refractivity contribution in [1.82, 2.24) is 0 Å².